The number of methoxy groups -OCH3 is 1. The van der Waals surface area contributed by atoms with Gasteiger partial charge in [-0.2, -0.15) is 0 Å². The highest BCUT2D eigenvalue weighted by Crippen LogP contribution is 2.40. The van der Waals surface area contributed by atoms with Gasteiger partial charge in [0.1, 0.15) is 18.0 Å². The molecule has 1 aliphatic carbocycles. The van der Waals surface area contributed by atoms with Crippen LogP contribution in [0.25, 0.3) is 10.9 Å². The van der Waals surface area contributed by atoms with Crippen LogP contribution in [0.5, 0.6) is 11.5 Å². The maximum absolute atomic E-state index is 12.2. The summed E-state index contributed by atoms with van der Waals surface area (Å²) >= 11 is 0. The van der Waals surface area contributed by atoms with E-state index in [1.165, 1.54) is 0 Å². The van der Waals surface area contributed by atoms with Crippen molar-refractivity contribution in [1.82, 2.24) is 10.3 Å². The maximum Gasteiger partial charge on any atom is 0.407 e. The van der Waals surface area contributed by atoms with Crippen LogP contribution in [0, 0.1) is 11.8 Å². The molecule has 0 unspecified atom stereocenters. The van der Waals surface area contributed by atoms with E-state index in [1.807, 2.05) is 39.0 Å². The number of benzene rings is 1. The van der Waals surface area contributed by atoms with Gasteiger partial charge in [0, 0.05) is 30.5 Å². The average Bonchev–Trinajstić information content (AvgIpc) is 2.78. The molecule has 33 heavy (non-hydrogen) atoms. The fraction of sp³-hybridized carbons (Fsp3) is 0.600. The van der Waals surface area contributed by atoms with Crippen molar-refractivity contribution in [2.45, 2.75) is 51.7 Å². The van der Waals surface area contributed by atoms with E-state index in [0.29, 0.717) is 12.5 Å². The lowest BCUT2D eigenvalue weighted by molar-refractivity contribution is 0.0423. The maximum atomic E-state index is 12.2. The first-order valence-electron chi connectivity index (χ1n) is 11.7. The Morgan fingerprint density at radius 1 is 1.33 bits per heavy atom. The molecule has 8 nitrogen and oxygen atoms in total. The normalized spacial score (nSPS) is 22.9. The number of aliphatic hydroxyl groups excluding tert-OH is 1. The van der Waals surface area contributed by atoms with Crippen molar-refractivity contribution in [2.24, 2.45) is 11.8 Å². The van der Waals surface area contributed by atoms with E-state index in [9.17, 15) is 9.90 Å². The number of aliphatic hydroxyl groups is 1. The topological polar surface area (TPSA) is 93.2 Å². The number of alkyl carbamates (subject to hydrolysis) is 1. The summed E-state index contributed by atoms with van der Waals surface area (Å²) in [6.07, 6.45) is 4.01. The molecule has 1 aromatic carbocycles. The average molecular weight is 458 g/mol. The number of rotatable bonds is 5. The zero-order valence-corrected chi connectivity index (χ0v) is 20.0. The van der Waals surface area contributed by atoms with E-state index >= 15 is 0 Å². The number of aromatic nitrogens is 1. The van der Waals surface area contributed by atoms with Gasteiger partial charge in [0.15, 0.2) is 5.75 Å². The Hall–Kier alpha value is -2.74. The molecule has 0 radical (unpaired) electrons. The van der Waals surface area contributed by atoms with Crippen molar-refractivity contribution in [3.05, 3.63) is 24.4 Å². The highest BCUT2D eigenvalue weighted by atomic mass is 16.6. The summed E-state index contributed by atoms with van der Waals surface area (Å²) in [5.41, 5.74) is 1.42. The minimum Gasteiger partial charge on any atom is -0.497 e. The first-order valence-corrected chi connectivity index (χ1v) is 11.7. The molecule has 4 rings (SSSR count). The van der Waals surface area contributed by atoms with E-state index in [-0.39, 0.29) is 18.6 Å². The number of carbonyl (C=O) groups is 1. The van der Waals surface area contributed by atoms with Crippen molar-refractivity contribution in [2.75, 3.05) is 38.3 Å². The molecule has 3 atom stereocenters. The fourth-order valence-electron chi connectivity index (χ4n) is 4.95. The highest BCUT2D eigenvalue weighted by molar-refractivity contribution is 5.96. The van der Waals surface area contributed by atoms with Crippen LogP contribution < -0.4 is 19.7 Å². The van der Waals surface area contributed by atoms with Crippen LogP contribution in [0.2, 0.25) is 0 Å². The quantitative estimate of drug-likeness (QED) is 0.706. The summed E-state index contributed by atoms with van der Waals surface area (Å²) in [4.78, 5) is 19.2. The standard InChI is InChI=1S/C25H35N3O5/c1-25(2,3)33-24(30)27-20-7-5-16(11-17(20)15-29)14-28-9-10-32-22-13-26-21-8-6-18(31-4)12-19(21)23(22)28/h6,8,12-13,16-17,20,29H,5,7,9-11,14-15H2,1-4H3,(H,27,30)/t16-,17-,20-/m1/s1. The molecular weight excluding hydrogens is 422 g/mol. The number of pyridine rings is 1. The number of hydrogen-bond donors (Lipinski definition) is 2. The number of fused-ring (bicyclic) bond motifs is 3. The van der Waals surface area contributed by atoms with Crippen LogP contribution in [0.3, 0.4) is 0 Å². The summed E-state index contributed by atoms with van der Waals surface area (Å²) in [6.45, 7) is 7.86. The van der Waals surface area contributed by atoms with E-state index in [2.05, 4.69) is 15.2 Å². The van der Waals surface area contributed by atoms with Gasteiger partial charge in [0.05, 0.1) is 31.1 Å². The van der Waals surface area contributed by atoms with Gasteiger partial charge < -0.3 is 29.5 Å². The predicted molar refractivity (Wildman–Crippen MR) is 127 cm³/mol. The molecule has 180 valence electrons. The second-order valence-electron chi connectivity index (χ2n) is 10.0. The lowest BCUT2D eigenvalue weighted by Crippen LogP contribution is -2.48. The Labute approximate surface area is 195 Å². The monoisotopic (exact) mass is 457 g/mol. The zero-order valence-electron chi connectivity index (χ0n) is 20.0. The Bertz CT molecular complexity index is 985. The van der Waals surface area contributed by atoms with Gasteiger partial charge in [-0.3, -0.25) is 4.98 Å². The molecule has 1 aliphatic heterocycles. The molecule has 8 heteroatoms. The van der Waals surface area contributed by atoms with Crippen LogP contribution in [-0.2, 0) is 4.74 Å². The largest absolute Gasteiger partial charge is 0.497 e. The zero-order chi connectivity index (χ0) is 23.6. The SMILES string of the molecule is COc1ccc2ncc3c(c2c1)N(C[C@@H]1CC[C@@H](NC(=O)OC(C)(C)C)[C@@H](CO)C1)CCO3. The van der Waals surface area contributed by atoms with Gasteiger partial charge in [-0.1, -0.05) is 0 Å². The molecule has 1 saturated carbocycles. The summed E-state index contributed by atoms with van der Waals surface area (Å²) in [7, 11) is 1.66. The van der Waals surface area contributed by atoms with Gasteiger partial charge in [0.25, 0.3) is 0 Å². The lowest BCUT2D eigenvalue weighted by atomic mass is 9.78. The Kier molecular flexibility index (Phi) is 6.83. The van der Waals surface area contributed by atoms with Gasteiger partial charge in [0.2, 0.25) is 0 Å². The Morgan fingerprint density at radius 2 is 2.15 bits per heavy atom. The third-order valence-corrected chi connectivity index (χ3v) is 6.45. The van der Waals surface area contributed by atoms with E-state index in [0.717, 1.165) is 60.4 Å². The van der Waals surface area contributed by atoms with Gasteiger partial charge in [-0.05, 0) is 64.2 Å². The number of nitrogens with one attached hydrogen (secondary N) is 1. The van der Waals surface area contributed by atoms with Crippen molar-refractivity contribution < 1.29 is 24.1 Å². The van der Waals surface area contributed by atoms with E-state index in [4.69, 9.17) is 14.2 Å². The van der Waals surface area contributed by atoms with Crippen LogP contribution >= 0.6 is 0 Å². The fourth-order valence-corrected chi connectivity index (χ4v) is 4.95. The summed E-state index contributed by atoms with van der Waals surface area (Å²) in [5, 5.41) is 14.0. The Morgan fingerprint density at radius 3 is 2.88 bits per heavy atom. The summed E-state index contributed by atoms with van der Waals surface area (Å²) < 4.78 is 16.8. The minimum atomic E-state index is -0.542. The van der Waals surface area contributed by atoms with Crippen LogP contribution in [-0.4, -0.2) is 61.2 Å². The number of nitrogens with zero attached hydrogens (tertiary/aromatic N) is 2. The van der Waals surface area contributed by atoms with Crippen molar-refractivity contribution in [3.63, 3.8) is 0 Å². The summed E-state index contributed by atoms with van der Waals surface area (Å²) in [6, 6.07) is 5.82. The molecular formula is C25H35N3O5. The third-order valence-electron chi connectivity index (χ3n) is 6.45. The molecule has 1 aromatic heterocycles. The molecule has 2 heterocycles. The highest BCUT2D eigenvalue weighted by Gasteiger charge is 2.34. The number of ether oxygens (including phenoxy) is 3. The van der Waals surface area contributed by atoms with Gasteiger partial charge in [-0.25, -0.2) is 4.79 Å². The third kappa shape index (κ3) is 5.43. The number of amides is 1. The number of hydrogen-bond acceptors (Lipinski definition) is 7. The second-order valence-corrected chi connectivity index (χ2v) is 10.0. The minimum absolute atomic E-state index is 0.00561. The van der Waals surface area contributed by atoms with Crippen molar-refractivity contribution in [3.8, 4) is 11.5 Å². The lowest BCUT2D eigenvalue weighted by Gasteiger charge is -2.40. The van der Waals surface area contributed by atoms with Crippen LogP contribution in [0.1, 0.15) is 40.0 Å². The van der Waals surface area contributed by atoms with Gasteiger partial charge >= 0.3 is 6.09 Å². The Balaban J connectivity index is 1.48. The molecule has 1 amide bonds. The second kappa shape index (κ2) is 9.63. The first kappa shape index (κ1) is 23.4. The number of anilines is 1. The van der Waals surface area contributed by atoms with E-state index in [1.54, 1.807) is 13.3 Å². The van der Waals surface area contributed by atoms with Gasteiger partial charge in [-0.15, -0.1) is 0 Å². The van der Waals surface area contributed by atoms with Crippen LogP contribution in [0.4, 0.5) is 10.5 Å². The molecule has 2 aliphatic rings. The van der Waals surface area contributed by atoms with Crippen LogP contribution in [0.15, 0.2) is 24.4 Å². The smallest absolute Gasteiger partial charge is 0.407 e. The first-order chi connectivity index (χ1) is 15.8. The number of carbonyl (C=O) groups excluding carboxylic acids is 1. The molecule has 1 fully saturated rings. The molecule has 2 N–H and O–H groups in total. The van der Waals surface area contributed by atoms with E-state index < -0.39 is 11.7 Å². The molecule has 0 saturated heterocycles. The van der Waals surface area contributed by atoms with Crippen molar-refractivity contribution in [1.29, 1.82) is 0 Å². The van der Waals surface area contributed by atoms with Crippen molar-refractivity contribution >= 4 is 22.7 Å². The molecule has 2 aromatic rings. The molecule has 0 spiro atoms. The summed E-state index contributed by atoms with van der Waals surface area (Å²) in [5.74, 6) is 1.99. The molecule has 0 bridgehead atoms. The predicted octanol–water partition coefficient (Wildman–Crippen LogP) is 3.74.